The third-order valence-electron chi connectivity index (χ3n) is 2.60. The van der Waals surface area contributed by atoms with Crippen LogP contribution in [0.15, 0.2) is 27.6 Å². The number of hydrogen-bond donors (Lipinski definition) is 1. The van der Waals surface area contributed by atoms with E-state index in [-0.39, 0.29) is 11.0 Å². The number of anilines is 1. The largest absolute Gasteiger partial charge is 0.398 e. The van der Waals surface area contributed by atoms with Crippen molar-refractivity contribution in [3.05, 3.63) is 22.7 Å². The zero-order chi connectivity index (χ0) is 13.9. The Morgan fingerprint density at radius 3 is 2.61 bits per heavy atom. The smallest absolute Gasteiger partial charge is 0.242 e. The van der Waals surface area contributed by atoms with Gasteiger partial charge in [-0.15, -0.1) is 0 Å². The SMILES string of the molecule is COC(C)CN(C)S(=O)(=O)c1ccc(N)c(Br)c1. The summed E-state index contributed by atoms with van der Waals surface area (Å²) in [4.78, 5) is 0.203. The monoisotopic (exact) mass is 336 g/mol. The van der Waals surface area contributed by atoms with Crippen molar-refractivity contribution in [2.24, 2.45) is 0 Å². The highest BCUT2D eigenvalue weighted by Gasteiger charge is 2.22. The molecule has 5 nitrogen and oxygen atoms in total. The summed E-state index contributed by atoms with van der Waals surface area (Å²) < 4.78 is 31.4. The van der Waals surface area contributed by atoms with Crippen molar-refractivity contribution in [1.82, 2.24) is 4.31 Å². The summed E-state index contributed by atoms with van der Waals surface area (Å²) in [5.74, 6) is 0. The number of rotatable bonds is 5. The van der Waals surface area contributed by atoms with Gasteiger partial charge in [0.1, 0.15) is 0 Å². The molecule has 0 saturated heterocycles. The summed E-state index contributed by atoms with van der Waals surface area (Å²) >= 11 is 3.22. The highest BCUT2D eigenvalue weighted by molar-refractivity contribution is 9.10. The summed E-state index contributed by atoms with van der Waals surface area (Å²) in [5, 5.41) is 0. The number of halogens is 1. The van der Waals surface area contributed by atoms with Crippen molar-refractivity contribution < 1.29 is 13.2 Å². The number of nitrogens with zero attached hydrogens (tertiary/aromatic N) is 1. The predicted octanol–water partition coefficient (Wildman–Crippen LogP) is 1.69. The molecule has 0 aliphatic rings. The number of hydrogen-bond acceptors (Lipinski definition) is 4. The number of nitrogen functional groups attached to an aromatic ring is 1. The fourth-order valence-corrected chi connectivity index (χ4v) is 3.19. The van der Waals surface area contributed by atoms with E-state index in [1.807, 2.05) is 6.92 Å². The third kappa shape index (κ3) is 3.44. The molecule has 0 aliphatic carbocycles. The Balaban J connectivity index is 3.02. The average Bonchev–Trinajstić information content (AvgIpc) is 2.32. The first-order chi connectivity index (χ1) is 8.28. The Morgan fingerprint density at radius 1 is 1.50 bits per heavy atom. The van der Waals surface area contributed by atoms with Crippen LogP contribution in [-0.4, -0.2) is 39.5 Å². The van der Waals surface area contributed by atoms with Crippen LogP contribution in [0.5, 0.6) is 0 Å². The Kier molecular flexibility index (Phi) is 5.15. The molecule has 1 rings (SSSR count). The van der Waals surface area contributed by atoms with Gasteiger partial charge in [-0.1, -0.05) is 0 Å². The maximum atomic E-state index is 12.3. The van der Waals surface area contributed by atoms with Crippen LogP contribution in [0, 0.1) is 0 Å². The second-order valence-electron chi connectivity index (χ2n) is 4.02. The van der Waals surface area contributed by atoms with Crippen molar-refractivity contribution in [2.45, 2.75) is 17.9 Å². The summed E-state index contributed by atoms with van der Waals surface area (Å²) in [7, 11) is -0.446. The zero-order valence-electron chi connectivity index (χ0n) is 10.6. The molecule has 0 fully saturated rings. The number of ether oxygens (including phenoxy) is 1. The fourth-order valence-electron chi connectivity index (χ4n) is 1.38. The fraction of sp³-hybridized carbons (Fsp3) is 0.455. The molecule has 1 unspecified atom stereocenters. The van der Waals surface area contributed by atoms with Gasteiger partial charge in [0.25, 0.3) is 0 Å². The van der Waals surface area contributed by atoms with Crippen molar-refractivity contribution in [1.29, 1.82) is 0 Å². The Morgan fingerprint density at radius 2 is 2.11 bits per heavy atom. The average molecular weight is 337 g/mol. The van der Waals surface area contributed by atoms with Gasteiger partial charge < -0.3 is 10.5 Å². The molecule has 0 aliphatic heterocycles. The molecule has 1 aromatic rings. The van der Waals surface area contributed by atoms with Crippen LogP contribution < -0.4 is 5.73 Å². The first-order valence-electron chi connectivity index (χ1n) is 5.33. The van der Waals surface area contributed by atoms with E-state index in [0.717, 1.165) is 0 Å². The summed E-state index contributed by atoms with van der Waals surface area (Å²) in [6, 6.07) is 4.55. The quantitative estimate of drug-likeness (QED) is 0.830. The zero-order valence-corrected chi connectivity index (χ0v) is 13.0. The van der Waals surface area contributed by atoms with Crippen molar-refractivity contribution in [2.75, 3.05) is 26.4 Å². The number of benzene rings is 1. The van der Waals surface area contributed by atoms with Gasteiger partial charge in [0, 0.05) is 30.9 Å². The van der Waals surface area contributed by atoms with E-state index in [1.54, 1.807) is 13.2 Å². The molecule has 7 heteroatoms. The minimum atomic E-state index is -3.52. The van der Waals surface area contributed by atoms with Crippen molar-refractivity contribution >= 4 is 31.6 Å². The van der Waals surface area contributed by atoms with Gasteiger partial charge in [0.2, 0.25) is 10.0 Å². The van der Waals surface area contributed by atoms with Gasteiger partial charge in [-0.05, 0) is 41.1 Å². The highest BCUT2D eigenvalue weighted by Crippen LogP contribution is 2.24. The van der Waals surface area contributed by atoms with E-state index in [4.69, 9.17) is 10.5 Å². The minimum Gasteiger partial charge on any atom is -0.398 e. The van der Waals surface area contributed by atoms with Crippen LogP contribution in [-0.2, 0) is 14.8 Å². The van der Waals surface area contributed by atoms with Crippen LogP contribution in [0.4, 0.5) is 5.69 Å². The van der Waals surface area contributed by atoms with Crippen molar-refractivity contribution in [3.63, 3.8) is 0 Å². The lowest BCUT2D eigenvalue weighted by atomic mass is 10.3. The van der Waals surface area contributed by atoms with Crippen LogP contribution in [0.3, 0.4) is 0 Å². The van der Waals surface area contributed by atoms with E-state index in [1.165, 1.54) is 23.5 Å². The molecular weight excluding hydrogens is 320 g/mol. The molecule has 0 bridgehead atoms. The predicted molar refractivity (Wildman–Crippen MR) is 74.8 cm³/mol. The van der Waals surface area contributed by atoms with Crippen LogP contribution in [0.25, 0.3) is 0 Å². The normalized spacial score (nSPS) is 13.8. The van der Waals surface area contributed by atoms with E-state index in [0.29, 0.717) is 16.7 Å². The number of methoxy groups -OCH3 is 1. The molecule has 0 aromatic heterocycles. The molecule has 0 radical (unpaired) electrons. The van der Waals surface area contributed by atoms with Crippen LogP contribution in [0.1, 0.15) is 6.92 Å². The molecule has 1 aromatic carbocycles. The topological polar surface area (TPSA) is 72.6 Å². The maximum absolute atomic E-state index is 12.3. The van der Waals surface area contributed by atoms with Gasteiger partial charge in [-0.25, -0.2) is 8.42 Å². The molecule has 0 saturated carbocycles. The number of nitrogens with two attached hydrogens (primary N) is 1. The van der Waals surface area contributed by atoms with Gasteiger partial charge in [-0.2, -0.15) is 4.31 Å². The third-order valence-corrected chi connectivity index (χ3v) is 5.10. The van der Waals surface area contributed by atoms with Crippen molar-refractivity contribution in [3.8, 4) is 0 Å². The highest BCUT2D eigenvalue weighted by atomic mass is 79.9. The molecule has 0 heterocycles. The molecule has 1 atom stereocenters. The Bertz CT molecular complexity index is 519. The van der Waals surface area contributed by atoms with Crippen LogP contribution >= 0.6 is 15.9 Å². The summed E-state index contributed by atoms with van der Waals surface area (Å²) in [6.07, 6.45) is -0.165. The second kappa shape index (κ2) is 6.01. The lowest BCUT2D eigenvalue weighted by Crippen LogP contribution is -2.33. The minimum absolute atomic E-state index is 0.165. The van der Waals surface area contributed by atoms with Gasteiger partial charge in [-0.3, -0.25) is 0 Å². The number of likely N-dealkylation sites (N-methyl/N-ethyl adjacent to an activating group) is 1. The number of sulfonamides is 1. The molecule has 0 amide bonds. The van der Waals surface area contributed by atoms with Gasteiger partial charge in [0.15, 0.2) is 0 Å². The maximum Gasteiger partial charge on any atom is 0.242 e. The van der Waals surface area contributed by atoms with E-state index >= 15 is 0 Å². The summed E-state index contributed by atoms with van der Waals surface area (Å²) in [5.41, 5.74) is 6.14. The Hall–Kier alpha value is -0.630. The molecule has 102 valence electrons. The lowest BCUT2D eigenvalue weighted by Gasteiger charge is -2.20. The van der Waals surface area contributed by atoms with Gasteiger partial charge >= 0.3 is 0 Å². The lowest BCUT2D eigenvalue weighted by molar-refractivity contribution is 0.104. The first kappa shape index (κ1) is 15.4. The molecular formula is C11H17BrN2O3S. The standard InChI is InChI=1S/C11H17BrN2O3S/c1-8(17-3)7-14(2)18(15,16)9-4-5-11(13)10(12)6-9/h4-6,8H,7,13H2,1-3H3. The Labute approximate surface area is 116 Å². The van der Waals surface area contributed by atoms with E-state index < -0.39 is 10.0 Å². The molecule has 2 N–H and O–H groups in total. The molecule has 18 heavy (non-hydrogen) atoms. The molecule has 0 spiro atoms. The second-order valence-corrected chi connectivity index (χ2v) is 6.91. The van der Waals surface area contributed by atoms with Crippen LogP contribution in [0.2, 0.25) is 0 Å². The van der Waals surface area contributed by atoms with Gasteiger partial charge in [0.05, 0.1) is 11.0 Å². The summed E-state index contributed by atoms with van der Waals surface area (Å²) in [6.45, 7) is 2.10. The first-order valence-corrected chi connectivity index (χ1v) is 7.56. The van der Waals surface area contributed by atoms with E-state index in [9.17, 15) is 8.42 Å². The van der Waals surface area contributed by atoms with E-state index in [2.05, 4.69) is 15.9 Å².